The van der Waals surface area contributed by atoms with E-state index in [1.165, 1.54) is 4.68 Å². The van der Waals surface area contributed by atoms with Crippen molar-refractivity contribution in [3.8, 4) is 0 Å². The highest BCUT2D eigenvalue weighted by atomic mass is 16.2. The molecule has 1 aliphatic heterocycles. The van der Waals surface area contributed by atoms with Crippen LogP contribution in [0.15, 0.2) is 23.1 Å². The molecular weight excluding hydrogens is 318 g/mol. The van der Waals surface area contributed by atoms with Gasteiger partial charge in [0.1, 0.15) is 5.82 Å². The summed E-state index contributed by atoms with van der Waals surface area (Å²) in [4.78, 5) is 31.3. The van der Waals surface area contributed by atoms with E-state index in [4.69, 9.17) is 0 Å². The number of carbonyl (C=O) groups is 1. The lowest BCUT2D eigenvalue weighted by Gasteiger charge is -2.33. The standard InChI is InChI=1S/C18H25N5O2/c1-12(2)23-16(20-21(4)18(23)25)14-7-6-10-22(11-14)17(24)15-8-5-9-19-13(15)3/h5,8-9,12,14H,6-7,10-11H2,1-4H3. The minimum absolute atomic E-state index is 0.00433. The average Bonchev–Trinajstić information content (AvgIpc) is 2.90. The van der Waals surface area contributed by atoms with Gasteiger partial charge in [-0.05, 0) is 45.7 Å². The molecule has 2 aromatic heterocycles. The molecule has 1 saturated heterocycles. The summed E-state index contributed by atoms with van der Waals surface area (Å²) in [7, 11) is 1.68. The van der Waals surface area contributed by atoms with Crippen molar-refractivity contribution in [3.63, 3.8) is 0 Å². The summed E-state index contributed by atoms with van der Waals surface area (Å²) in [5.74, 6) is 0.860. The molecule has 0 saturated carbocycles. The zero-order valence-electron chi connectivity index (χ0n) is 15.3. The number of rotatable bonds is 3. The minimum atomic E-state index is -0.100. The Balaban J connectivity index is 1.87. The second-order valence-electron chi connectivity index (χ2n) is 6.95. The fourth-order valence-electron chi connectivity index (χ4n) is 3.52. The van der Waals surface area contributed by atoms with Crippen molar-refractivity contribution < 1.29 is 4.79 Å². The topological polar surface area (TPSA) is 73.0 Å². The lowest BCUT2D eigenvalue weighted by molar-refractivity contribution is 0.0701. The van der Waals surface area contributed by atoms with Gasteiger partial charge in [-0.1, -0.05) is 0 Å². The zero-order valence-corrected chi connectivity index (χ0v) is 15.3. The summed E-state index contributed by atoms with van der Waals surface area (Å²) in [5.41, 5.74) is 1.29. The van der Waals surface area contributed by atoms with E-state index in [0.717, 1.165) is 30.9 Å². The van der Waals surface area contributed by atoms with Crippen LogP contribution in [0.25, 0.3) is 0 Å². The fraction of sp³-hybridized carbons (Fsp3) is 0.556. The van der Waals surface area contributed by atoms with Gasteiger partial charge in [0.15, 0.2) is 0 Å². The van der Waals surface area contributed by atoms with Gasteiger partial charge in [0.25, 0.3) is 5.91 Å². The Bertz CT molecular complexity index is 836. The molecule has 1 unspecified atom stereocenters. The Morgan fingerprint density at radius 2 is 2.12 bits per heavy atom. The molecule has 2 aromatic rings. The molecule has 1 fully saturated rings. The number of likely N-dealkylation sites (tertiary alicyclic amines) is 1. The number of piperidine rings is 1. The number of carbonyl (C=O) groups excluding carboxylic acids is 1. The maximum atomic E-state index is 12.9. The Hall–Kier alpha value is -2.44. The van der Waals surface area contributed by atoms with E-state index < -0.39 is 0 Å². The molecule has 3 rings (SSSR count). The molecule has 0 bridgehead atoms. The second-order valence-corrected chi connectivity index (χ2v) is 6.95. The van der Waals surface area contributed by atoms with Gasteiger partial charge in [-0.15, -0.1) is 0 Å². The first-order chi connectivity index (χ1) is 11.9. The van der Waals surface area contributed by atoms with Crippen molar-refractivity contribution in [2.45, 2.75) is 45.6 Å². The Labute approximate surface area is 147 Å². The third-order valence-electron chi connectivity index (χ3n) is 4.81. The minimum Gasteiger partial charge on any atom is -0.338 e. The summed E-state index contributed by atoms with van der Waals surface area (Å²) < 4.78 is 3.13. The number of aryl methyl sites for hydroxylation is 2. The smallest absolute Gasteiger partial charge is 0.338 e. The summed E-state index contributed by atoms with van der Waals surface area (Å²) in [6.07, 6.45) is 3.53. The molecule has 7 nitrogen and oxygen atoms in total. The number of hydrogen-bond acceptors (Lipinski definition) is 4. The van der Waals surface area contributed by atoms with Crippen LogP contribution in [-0.4, -0.2) is 43.2 Å². The highest BCUT2D eigenvalue weighted by Crippen LogP contribution is 2.27. The number of hydrogen-bond donors (Lipinski definition) is 0. The van der Waals surface area contributed by atoms with E-state index in [1.807, 2.05) is 31.7 Å². The molecule has 1 atom stereocenters. The number of aromatic nitrogens is 4. The lowest BCUT2D eigenvalue weighted by Crippen LogP contribution is -2.40. The second kappa shape index (κ2) is 6.82. The molecule has 0 aromatic carbocycles. The molecule has 0 spiro atoms. The summed E-state index contributed by atoms with van der Waals surface area (Å²) >= 11 is 0. The Morgan fingerprint density at radius 1 is 1.36 bits per heavy atom. The van der Waals surface area contributed by atoms with Crippen molar-refractivity contribution in [1.29, 1.82) is 0 Å². The molecule has 7 heteroatoms. The number of amides is 1. The van der Waals surface area contributed by atoms with Gasteiger partial charge in [0, 0.05) is 44.0 Å². The predicted molar refractivity (Wildman–Crippen MR) is 94.7 cm³/mol. The van der Waals surface area contributed by atoms with Crippen LogP contribution in [-0.2, 0) is 7.05 Å². The first-order valence-electron chi connectivity index (χ1n) is 8.76. The summed E-state index contributed by atoms with van der Waals surface area (Å²) in [5, 5.41) is 4.46. The molecule has 134 valence electrons. The first kappa shape index (κ1) is 17.4. The van der Waals surface area contributed by atoms with Gasteiger partial charge in [-0.2, -0.15) is 5.10 Å². The van der Waals surface area contributed by atoms with Crippen molar-refractivity contribution in [2.24, 2.45) is 7.05 Å². The van der Waals surface area contributed by atoms with Crippen LogP contribution < -0.4 is 5.69 Å². The van der Waals surface area contributed by atoms with E-state index in [0.29, 0.717) is 12.1 Å². The molecule has 25 heavy (non-hydrogen) atoms. The van der Waals surface area contributed by atoms with E-state index in [2.05, 4.69) is 10.1 Å². The predicted octanol–water partition coefficient (Wildman–Crippen LogP) is 1.89. The van der Waals surface area contributed by atoms with Gasteiger partial charge < -0.3 is 4.90 Å². The van der Waals surface area contributed by atoms with Crippen LogP contribution in [0.3, 0.4) is 0 Å². The molecule has 1 aliphatic rings. The lowest BCUT2D eigenvalue weighted by atomic mass is 9.96. The van der Waals surface area contributed by atoms with Crippen LogP contribution in [0, 0.1) is 6.92 Å². The van der Waals surface area contributed by atoms with Crippen LogP contribution in [0.4, 0.5) is 0 Å². The molecule has 0 N–H and O–H groups in total. The van der Waals surface area contributed by atoms with Gasteiger partial charge in [-0.25, -0.2) is 9.48 Å². The molecule has 1 amide bonds. The van der Waals surface area contributed by atoms with Crippen LogP contribution in [0.5, 0.6) is 0 Å². The van der Waals surface area contributed by atoms with E-state index in [1.54, 1.807) is 23.9 Å². The van der Waals surface area contributed by atoms with Crippen molar-refractivity contribution in [2.75, 3.05) is 13.1 Å². The fourth-order valence-corrected chi connectivity index (χ4v) is 3.52. The van der Waals surface area contributed by atoms with Crippen molar-refractivity contribution >= 4 is 5.91 Å². The largest absolute Gasteiger partial charge is 0.345 e. The maximum Gasteiger partial charge on any atom is 0.345 e. The highest BCUT2D eigenvalue weighted by Gasteiger charge is 2.30. The number of pyridine rings is 1. The molecule has 3 heterocycles. The third kappa shape index (κ3) is 3.23. The van der Waals surface area contributed by atoms with Gasteiger partial charge in [0.2, 0.25) is 0 Å². The molecule has 0 aliphatic carbocycles. The van der Waals surface area contributed by atoms with E-state index in [9.17, 15) is 9.59 Å². The number of nitrogens with zero attached hydrogens (tertiary/aromatic N) is 5. The van der Waals surface area contributed by atoms with Gasteiger partial charge >= 0.3 is 5.69 Å². The van der Waals surface area contributed by atoms with Crippen LogP contribution in [0.2, 0.25) is 0 Å². The van der Waals surface area contributed by atoms with E-state index in [-0.39, 0.29) is 23.6 Å². The van der Waals surface area contributed by atoms with Crippen molar-refractivity contribution in [1.82, 2.24) is 24.2 Å². The maximum absolute atomic E-state index is 12.9. The molecular formula is C18H25N5O2. The first-order valence-corrected chi connectivity index (χ1v) is 8.76. The van der Waals surface area contributed by atoms with Gasteiger partial charge in [-0.3, -0.25) is 14.3 Å². The highest BCUT2D eigenvalue weighted by molar-refractivity contribution is 5.95. The quantitative estimate of drug-likeness (QED) is 0.853. The van der Waals surface area contributed by atoms with Crippen LogP contribution in [0.1, 0.15) is 60.5 Å². The normalized spacial score (nSPS) is 18.0. The Morgan fingerprint density at radius 3 is 2.80 bits per heavy atom. The molecule has 0 radical (unpaired) electrons. The van der Waals surface area contributed by atoms with Crippen molar-refractivity contribution in [3.05, 3.63) is 45.9 Å². The SMILES string of the molecule is Cc1ncccc1C(=O)N1CCCC(c2nn(C)c(=O)n2C(C)C)C1. The monoisotopic (exact) mass is 343 g/mol. The zero-order chi connectivity index (χ0) is 18.1. The summed E-state index contributed by atoms with van der Waals surface area (Å²) in [6, 6.07) is 3.65. The third-order valence-corrected chi connectivity index (χ3v) is 4.81. The van der Waals surface area contributed by atoms with E-state index >= 15 is 0 Å². The van der Waals surface area contributed by atoms with Gasteiger partial charge in [0.05, 0.1) is 5.56 Å². The Kier molecular flexibility index (Phi) is 4.74. The van der Waals surface area contributed by atoms with Crippen LogP contribution >= 0.6 is 0 Å². The summed E-state index contributed by atoms with van der Waals surface area (Å²) in [6.45, 7) is 7.12. The average molecular weight is 343 g/mol.